The normalized spacial score (nSPS) is 10.5. The highest BCUT2D eigenvalue weighted by atomic mass is 32.1. The van der Waals surface area contributed by atoms with Crippen molar-refractivity contribution < 1.29 is 0 Å². The predicted octanol–water partition coefficient (Wildman–Crippen LogP) is 4.79. The summed E-state index contributed by atoms with van der Waals surface area (Å²) < 4.78 is 0. The van der Waals surface area contributed by atoms with Crippen molar-refractivity contribution in [2.75, 3.05) is 0 Å². The molecule has 88 valence electrons. The van der Waals surface area contributed by atoms with E-state index in [0.29, 0.717) is 0 Å². The topological polar surface area (TPSA) is 12.9 Å². The lowest BCUT2D eigenvalue weighted by atomic mass is 10.0. The molecule has 0 saturated heterocycles. The lowest BCUT2D eigenvalue weighted by molar-refractivity contribution is 1.34. The molecule has 3 aromatic rings. The van der Waals surface area contributed by atoms with E-state index in [-0.39, 0.29) is 0 Å². The quantitative estimate of drug-likeness (QED) is 0.638. The van der Waals surface area contributed by atoms with Gasteiger partial charge in [0.05, 0.1) is 10.6 Å². The van der Waals surface area contributed by atoms with Gasteiger partial charge in [0.25, 0.3) is 0 Å². The summed E-state index contributed by atoms with van der Waals surface area (Å²) in [5, 5.41) is 2.13. The number of hydrogen-bond donors (Lipinski definition) is 0. The summed E-state index contributed by atoms with van der Waals surface area (Å²) in [6.45, 7) is 2.15. The molecule has 2 heteroatoms. The molecule has 0 aliphatic heterocycles. The summed E-state index contributed by atoms with van der Waals surface area (Å²) in [4.78, 5) is 5.69. The third-order valence-corrected chi connectivity index (χ3v) is 3.93. The van der Waals surface area contributed by atoms with Crippen LogP contribution in [0.5, 0.6) is 0 Å². The molecule has 1 aromatic carbocycles. The minimum atomic E-state index is 1.05. The second kappa shape index (κ2) is 4.75. The number of nitrogens with zero attached hydrogens (tertiary/aromatic N) is 1. The zero-order valence-corrected chi connectivity index (χ0v) is 10.9. The summed E-state index contributed by atoms with van der Waals surface area (Å²) in [6, 6.07) is 16.7. The number of benzene rings is 1. The van der Waals surface area contributed by atoms with Crippen LogP contribution in [0.15, 0.2) is 60.1 Å². The molecule has 0 aliphatic carbocycles. The maximum Gasteiger partial charge on any atom is 0.0807 e. The van der Waals surface area contributed by atoms with Gasteiger partial charge < -0.3 is 0 Å². The monoisotopic (exact) mass is 251 g/mol. The Kier molecular flexibility index (Phi) is 2.95. The van der Waals surface area contributed by atoms with E-state index in [1.807, 2.05) is 18.3 Å². The van der Waals surface area contributed by atoms with Gasteiger partial charge in [0, 0.05) is 11.8 Å². The summed E-state index contributed by atoms with van der Waals surface area (Å²) in [5.74, 6) is 0. The van der Waals surface area contributed by atoms with Crippen LogP contribution in [0, 0.1) is 6.92 Å². The van der Waals surface area contributed by atoms with Crippen molar-refractivity contribution in [2.45, 2.75) is 6.92 Å². The molecular formula is C16H13NS. The molecule has 0 amide bonds. The number of pyridine rings is 1. The zero-order valence-electron chi connectivity index (χ0n) is 10.1. The van der Waals surface area contributed by atoms with Gasteiger partial charge >= 0.3 is 0 Å². The van der Waals surface area contributed by atoms with Crippen molar-refractivity contribution in [3.05, 3.63) is 65.7 Å². The highest BCUT2D eigenvalue weighted by Crippen LogP contribution is 2.36. The number of hydrogen-bond acceptors (Lipinski definition) is 2. The molecule has 0 fully saturated rings. The Morgan fingerprint density at radius 1 is 0.889 bits per heavy atom. The van der Waals surface area contributed by atoms with Crippen molar-refractivity contribution in [1.82, 2.24) is 4.98 Å². The van der Waals surface area contributed by atoms with Gasteiger partial charge in [-0.05, 0) is 41.6 Å². The summed E-state index contributed by atoms with van der Waals surface area (Å²) in [6.07, 6.45) is 1.84. The number of aromatic nitrogens is 1. The van der Waals surface area contributed by atoms with Gasteiger partial charge in [-0.1, -0.05) is 30.3 Å². The first-order valence-electron chi connectivity index (χ1n) is 5.91. The van der Waals surface area contributed by atoms with Gasteiger partial charge in [-0.3, -0.25) is 4.98 Å². The first-order valence-corrected chi connectivity index (χ1v) is 6.79. The largest absolute Gasteiger partial charge is 0.255 e. The van der Waals surface area contributed by atoms with Crippen molar-refractivity contribution in [2.24, 2.45) is 0 Å². The van der Waals surface area contributed by atoms with Crippen molar-refractivity contribution >= 4 is 11.3 Å². The number of thiophene rings is 1. The Hall–Kier alpha value is -1.93. The molecule has 0 radical (unpaired) electrons. The number of aryl methyl sites for hydroxylation is 1. The minimum absolute atomic E-state index is 1.05. The van der Waals surface area contributed by atoms with E-state index in [4.69, 9.17) is 0 Å². The average molecular weight is 251 g/mol. The SMILES string of the molecule is Cc1ccccc1-c1ccsc1-c1ccccn1. The van der Waals surface area contributed by atoms with E-state index in [1.54, 1.807) is 11.3 Å². The van der Waals surface area contributed by atoms with E-state index < -0.39 is 0 Å². The molecule has 1 nitrogen and oxygen atoms in total. The maximum atomic E-state index is 4.45. The third-order valence-electron chi connectivity index (χ3n) is 3.00. The van der Waals surface area contributed by atoms with Crippen molar-refractivity contribution in [1.29, 1.82) is 0 Å². The lowest BCUT2D eigenvalue weighted by Gasteiger charge is -2.06. The Balaban J connectivity index is 2.16. The molecule has 2 heterocycles. The van der Waals surface area contributed by atoms with Crippen molar-refractivity contribution in [3.63, 3.8) is 0 Å². The number of rotatable bonds is 2. The fraction of sp³-hybridized carbons (Fsp3) is 0.0625. The Labute approximate surface area is 111 Å². The lowest BCUT2D eigenvalue weighted by Crippen LogP contribution is -1.84. The van der Waals surface area contributed by atoms with Crippen LogP contribution < -0.4 is 0 Å². The second-order valence-corrected chi connectivity index (χ2v) is 5.11. The van der Waals surface area contributed by atoms with Gasteiger partial charge in [-0.25, -0.2) is 0 Å². The zero-order chi connectivity index (χ0) is 12.4. The fourth-order valence-electron chi connectivity index (χ4n) is 2.09. The summed E-state index contributed by atoms with van der Waals surface area (Å²) >= 11 is 1.74. The van der Waals surface area contributed by atoms with Gasteiger partial charge in [-0.2, -0.15) is 0 Å². The Morgan fingerprint density at radius 2 is 1.72 bits per heavy atom. The first-order chi connectivity index (χ1) is 8.86. The van der Waals surface area contributed by atoms with E-state index in [1.165, 1.54) is 21.6 Å². The highest BCUT2D eigenvalue weighted by Gasteiger charge is 2.10. The Bertz CT molecular complexity index is 656. The molecule has 0 N–H and O–H groups in total. The van der Waals surface area contributed by atoms with E-state index in [9.17, 15) is 0 Å². The molecule has 3 rings (SSSR count). The molecule has 0 saturated carbocycles. The molecule has 0 spiro atoms. The van der Waals surface area contributed by atoms with Crippen LogP contribution in [0.4, 0.5) is 0 Å². The highest BCUT2D eigenvalue weighted by molar-refractivity contribution is 7.14. The van der Waals surface area contributed by atoms with Crippen LogP contribution in [0.2, 0.25) is 0 Å². The first kappa shape index (κ1) is 11.2. The van der Waals surface area contributed by atoms with Crippen molar-refractivity contribution in [3.8, 4) is 21.7 Å². The fourth-order valence-corrected chi connectivity index (χ4v) is 2.98. The standard InChI is InChI=1S/C16H13NS/c1-12-6-2-3-7-13(12)14-9-11-18-16(14)15-8-4-5-10-17-15/h2-11H,1H3. The average Bonchev–Trinajstić information content (AvgIpc) is 2.89. The smallest absolute Gasteiger partial charge is 0.0807 e. The summed E-state index contributed by atoms with van der Waals surface area (Å²) in [7, 11) is 0. The molecule has 0 atom stereocenters. The van der Waals surface area contributed by atoms with Crippen LogP contribution in [-0.2, 0) is 0 Å². The molecule has 18 heavy (non-hydrogen) atoms. The molecule has 0 bridgehead atoms. The summed E-state index contributed by atoms with van der Waals surface area (Å²) in [5.41, 5.74) is 4.91. The van der Waals surface area contributed by atoms with Crippen LogP contribution in [0.25, 0.3) is 21.7 Å². The van der Waals surface area contributed by atoms with E-state index in [0.717, 1.165) is 5.69 Å². The maximum absolute atomic E-state index is 4.45. The predicted molar refractivity (Wildman–Crippen MR) is 77.7 cm³/mol. The van der Waals surface area contributed by atoms with E-state index >= 15 is 0 Å². The van der Waals surface area contributed by atoms with Gasteiger partial charge in [0.1, 0.15) is 0 Å². The molecule has 0 aliphatic rings. The van der Waals surface area contributed by atoms with Gasteiger partial charge in [-0.15, -0.1) is 11.3 Å². The Morgan fingerprint density at radius 3 is 2.50 bits per heavy atom. The molecule has 0 unspecified atom stereocenters. The molecule has 2 aromatic heterocycles. The minimum Gasteiger partial charge on any atom is -0.255 e. The second-order valence-electron chi connectivity index (χ2n) is 4.19. The molecular weight excluding hydrogens is 238 g/mol. The third kappa shape index (κ3) is 1.95. The van der Waals surface area contributed by atoms with Crippen LogP contribution in [0.1, 0.15) is 5.56 Å². The van der Waals surface area contributed by atoms with Crippen LogP contribution in [-0.4, -0.2) is 4.98 Å². The van der Waals surface area contributed by atoms with Gasteiger partial charge in [0.15, 0.2) is 0 Å². The van der Waals surface area contributed by atoms with Crippen LogP contribution in [0.3, 0.4) is 0 Å². The van der Waals surface area contributed by atoms with E-state index in [2.05, 4.69) is 53.7 Å². The van der Waals surface area contributed by atoms with Crippen LogP contribution >= 0.6 is 11.3 Å². The van der Waals surface area contributed by atoms with Gasteiger partial charge in [0.2, 0.25) is 0 Å².